The maximum absolute atomic E-state index is 11.5. The van der Waals surface area contributed by atoms with Crippen molar-refractivity contribution < 1.29 is 8.42 Å². The topological polar surface area (TPSA) is 73.8 Å². The highest BCUT2D eigenvalue weighted by atomic mass is 127. The number of guanidine groups is 1. The molecule has 0 aromatic heterocycles. The quantitative estimate of drug-likeness (QED) is 0.289. The summed E-state index contributed by atoms with van der Waals surface area (Å²) >= 11 is 0. The van der Waals surface area contributed by atoms with Crippen molar-refractivity contribution in [2.75, 3.05) is 33.4 Å². The highest BCUT2D eigenvalue weighted by Gasteiger charge is 2.06. The SMILES string of the molecule is CCN(C)Cc1cccc(CNC(=NC)NCCc2ccc(S(C)(=O)=O)cc2)c1.I. The molecule has 0 radical (unpaired) electrons. The standard InChI is InChI=1S/C22H32N4O2S.HI/c1-5-26(3)17-20-8-6-7-19(15-20)16-25-22(23-2)24-14-13-18-9-11-21(12-10-18)29(4,27)28;/h6-12,15H,5,13-14,16-17H2,1-4H3,(H2,23,24,25);1H. The summed E-state index contributed by atoms with van der Waals surface area (Å²) in [4.78, 5) is 6.89. The van der Waals surface area contributed by atoms with E-state index in [0.717, 1.165) is 31.0 Å². The molecule has 0 saturated heterocycles. The molecule has 2 rings (SSSR count). The Kier molecular flexibility index (Phi) is 11.4. The second kappa shape index (κ2) is 12.9. The van der Waals surface area contributed by atoms with Gasteiger partial charge in [-0.15, -0.1) is 24.0 Å². The first kappa shape index (κ1) is 26.4. The van der Waals surface area contributed by atoms with Gasteiger partial charge in [0.2, 0.25) is 0 Å². The Bertz CT molecular complexity index is 915. The second-order valence-corrected chi connectivity index (χ2v) is 9.18. The van der Waals surface area contributed by atoms with Gasteiger partial charge in [-0.05, 0) is 48.8 Å². The Hall–Kier alpha value is -1.65. The maximum Gasteiger partial charge on any atom is 0.191 e. The maximum atomic E-state index is 11.5. The molecule has 30 heavy (non-hydrogen) atoms. The number of nitrogens with zero attached hydrogens (tertiary/aromatic N) is 2. The third kappa shape index (κ3) is 9.01. The van der Waals surface area contributed by atoms with E-state index in [0.29, 0.717) is 18.0 Å². The second-order valence-electron chi connectivity index (χ2n) is 7.17. The molecule has 0 atom stereocenters. The number of nitrogens with one attached hydrogen (secondary N) is 2. The largest absolute Gasteiger partial charge is 0.356 e. The van der Waals surface area contributed by atoms with Gasteiger partial charge in [0.05, 0.1) is 4.90 Å². The van der Waals surface area contributed by atoms with Crippen LogP contribution in [0.3, 0.4) is 0 Å². The number of hydrogen-bond donors (Lipinski definition) is 2. The van der Waals surface area contributed by atoms with E-state index in [4.69, 9.17) is 0 Å². The molecule has 0 aliphatic rings. The van der Waals surface area contributed by atoms with Crippen molar-refractivity contribution in [2.24, 2.45) is 4.99 Å². The van der Waals surface area contributed by atoms with Gasteiger partial charge in [0.15, 0.2) is 15.8 Å². The van der Waals surface area contributed by atoms with Crippen LogP contribution >= 0.6 is 24.0 Å². The number of aliphatic imine (C=N–C) groups is 1. The van der Waals surface area contributed by atoms with Crippen molar-refractivity contribution in [2.45, 2.75) is 31.3 Å². The summed E-state index contributed by atoms with van der Waals surface area (Å²) in [6.07, 6.45) is 2.00. The zero-order valence-electron chi connectivity index (χ0n) is 18.2. The van der Waals surface area contributed by atoms with Gasteiger partial charge >= 0.3 is 0 Å². The first-order valence-corrected chi connectivity index (χ1v) is 11.7. The van der Waals surface area contributed by atoms with Gasteiger partial charge in [0.25, 0.3) is 0 Å². The fraction of sp³-hybridized carbons (Fsp3) is 0.409. The molecular formula is C22H33IN4O2S. The van der Waals surface area contributed by atoms with Crippen LogP contribution in [0.15, 0.2) is 58.4 Å². The lowest BCUT2D eigenvalue weighted by Crippen LogP contribution is -2.37. The van der Waals surface area contributed by atoms with Crippen LogP contribution in [0.4, 0.5) is 0 Å². The molecule has 0 amide bonds. The molecule has 0 spiro atoms. The number of halogens is 1. The van der Waals surface area contributed by atoms with Crippen LogP contribution in [-0.4, -0.2) is 52.7 Å². The predicted octanol–water partition coefficient (Wildman–Crippen LogP) is 3.07. The Morgan fingerprint density at radius 1 is 1.03 bits per heavy atom. The summed E-state index contributed by atoms with van der Waals surface area (Å²) in [6.45, 7) is 5.53. The van der Waals surface area contributed by atoms with Crippen LogP contribution in [0.5, 0.6) is 0 Å². The molecule has 8 heteroatoms. The summed E-state index contributed by atoms with van der Waals surface area (Å²) in [5.74, 6) is 0.744. The van der Waals surface area contributed by atoms with Crippen molar-refractivity contribution in [1.82, 2.24) is 15.5 Å². The normalized spacial score (nSPS) is 11.8. The van der Waals surface area contributed by atoms with E-state index in [-0.39, 0.29) is 24.0 Å². The Labute approximate surface area is 198 Å². The molecule has 0 fully saturated rings. The average Bonchev–Trinajstić information content (AvgIpc) is 2.70. The molecule has 0 heterocycles. The lowest BCUT2D eigenvalue weighted by Gasteiger charge is -2.15. The monoisotopic (exact) mass is 544 g/mol. The van der Waals surface area contributed by atoms with Crippen LogP contribution in [0.25, 0.3) is 0 Å². The van der Waals surface area contributed by atoms with E-state index >= 15 is 0 Å². The highest BCUT2D eigenvalue weighted by Crippen LogP contribution is 2.10. The van der Waals surface area contributed by atoms with E-state index in [2.05, 4.69) is 58.8 Å². The van der Waals surface area contributed by atoms with Gasteiger partial charge in [-0.1, -0.05) is 43.3 Å². The van der Waals surface area contributed by atoms with E-state index < -0.39 is 9.84 Å². The predicted molar refractivity (Wildman–Crippen MR) is 135 cm³/mol. The lowest BCUT2D eigenvalue weighted by atomic mass is 10.1. The molecule has 0 saturated carbocycles. The molecule has 2 N–H and O–H groups in total. The summed E-state index contributed by atoms with van der Waals surface area (Å²) in [5, 5.41) is 6.64. The van der Waals surface area contributed by atoms with E-state index in [1.54, 1.807) is 19.2 Å². The van der Waals surface area contributed by atoms with Gasteiger partial charge in [-0.2, -0.15) is 0 Å². The summed E-state index contributed by atoms with van der Waals surface area (Å²) in [6, 6.07) is 15.6. The fourth-order valence-corrected chi connectivity index (χ4v) is 3.53. The first-order chi connectivity index (χ1) is 13.8. The molecule has 0 aliphatic carbocycles. The number of hydrogen-bond acceptors (Lipinski definition) is 4. The van der Waals surface area contributed by atoms with Gasteiger partial charge < -0.3 is 15.5 Å². The van der Waals surface area contributed by atoms with E-state index in [9.17, 15) is 8.42 Å². The molecule has 2 aromatic rings. The molecular weight excluding hydrogens is 511 g/mol. The van der Waals surface area contributed by atoms with Crippen LogP contribution in [0.1, 0.15) is 23.6 Å². The molecule has 2 aromatic carbocycles. The molecule has 0 bridgehead atoms. The Balaban J connectivity index is 0.00000450. The number of rotatable bonds is 9. The zero-order chi connectivity index (χ0) is 21.3. The van der Waals surface area contributed by atoms with Gasteiger partial charge in [-0.25, -0.2) is 8.42 Å². The molecule has 0 unspecified atom stereocenters. The first-order valence-electron chi connectivity index (χ1n) is 9.81. The smallest absolute Gasteiger partial charge is 0.191 e. The van der Waals surface area contributed by atoms with E-state index in [1.165, 1.54) is 17.4 Å². The third-order valence-electron chi connectivity index (χ3n) is 4.72. The van der Waals surface area contributed by atoms with Gasteiger partial charge in [-0.3, -0.25) is 4.99 Å². The average molecular weight is 545 g/mol. The van der Waals surface area contributed by atoms with Gasteiger partial charge in [0, 0.05) is 32.9 Å². The van der Waals surface area contributed by atoms with Crippen molar-refractivity contribution in [3.63, 3.8) is 0 Å². The van der Waals surface area contributed by atoms with Crippen LogP contribution in [-0.2, 0) is 29.3 Å². The van der Waals surface area contributed by atoms with Crippen LogP contribution in [0.2, 0.25) is 0 Å². The molecule has 6 nitrogen and oxygen atoms in total. The Morgan fingerprint density at radius 2 is 1.70 bits per heavy atom. The minimum Gasteiger partial charge on any atom is -0.356 e. The minimum absolute atomic E-state index is 0. The van der Waals surface area contributed by atoms with Crippen molar-refractivity contribution in [3.05, 3.63) is 65.2 Å². The molecule has 166 valence electrons. The fourth-order valence-electron chi connectivity index (χ4n) is 2.90. The van der Waals surface area contributed by atoms with Crippen molar-refractivity contribution in [1.29, 1.82) is 0 Å². The summed E-state index contributed by atoms with van der Waals surface area (Å²) in [5.41, 5.74) is 3.59. The molecule has 0 aliphatic heterocycles. The van der Waals surface area contributed by atoms with Crippen LogP contribution < -0.4 is 10.6 Å². The summed E-state index contributed by atoms with van der Waals surface area (Å²) < 4.78 is 23.1. The minimum atomic E-state index is -3.15. The summed E-state index contributed by atoms with van der Waals surface area (Å²) in [7, 11) is 0.719. The van der Waals surface area contributed by atoms with Gasteiger partial charge in [0.1, 0.15) is 0 Å². The van der Waals surface area contributed by atoms with Crippen molar-refractivity contribution in [3.8, 4) is 0 Å². The van der Waals surface area contributed by atoms with Crippen LogP contribution in [0, 0.1) is 0 Å². The number of sulfone groups is 1. The highest BCUT2D eigenvalue weighted by molar-refractivity contribution is 14.0. The van der Waals surface area contributed by atoms with Crippen molar-refractivity contribution >= 4 is 39.8 Å². The lowest BCUT2D eigenvalue weighted by molar-refractivity contribution is 0.345. The number of benzene rings is 2. The third-order valence-corrected chi connectivity index (χ3v) is 5.85. The van der Waals surface area contributed by atoms with E-state index in [1.807, 2.05) is 12.1 Å². The zero-order valence-corrected chi connectivity index (χ0v) is 21.3. The Morgan fingerprint density at radius 3 is 2.30 bits per heavy atom.